The van der Waals surface area contributed by atoms with E-state index in [0.717, 1.165) is 24.3 Å². The lowest BCUT2D eigenvalue weighted by Gasteiger charge is -2.43. The minimum atomic E-state index is -0.557. The van der Waals surface area contributed by atoms with Crippen LogP contribution in [0.1, 0.15) is 19.3 Å². The zero-order valence-corrected chi connectivity index (χ0v) is 16.5. The highest BCUT2D eigenvalue weighted by atomic mass is 35.5. The predicted octanol–water partition coefficient (Wildman–Crippen LogP) is 2.86. The molecule has 0 radical (unpaired) electrons. The van der Waals surface area contributed by atoms with Gasteiger partial charge in [-0.3, -0.25) is 4.84 Å². The Bertz CT molecular complexity index is 710. The topological polar surface area (TPSA) is 98.5 Å². The standard InChI is InChI=1S/C16H21Cl2N5O2S/c17-11-3-1-4-12(13(11)18)24-7-2-8-25-23-15(20)21-14(19)22-16(23)5-9-26-10-6-16/h1,3-4H,2,5-10H2,(H4,19,20,21,22). The molecule has 0 bridgehead atoms. The Labute approximate surface area is 166 Å². The molecule has 0 saturated carbocycles. The minimum Gasteiger partial charge on any atom is -0.492 e. The van der Waals surface area contributed by atoms with Gasteiger partial charge in [-0.25, -0.2) is 4.99 Å². The maximum atomic E-state index is 6.10. The second kappa shape index (κ2) is 8.56. The molecule has 2 aliphatic heterocycles. The van der Waals surface area contributed by atoms with Crippen LogP contribution in [0.3, 0.4) is 0 Å². The number of halogens is 2. The molecule has 2 heterocycles. The minimum absolute atomic E-state index is 0.202. The zero-order valence-electron chi connectivity index (χ0n) is 14.2. The second-order valence-corrected chi connectivity index (χ2v) is 7.93. The summed E-state index contributed by atoms with van der Waals surface area (Å²) >= 11 is 14.0. The average molecular weight is 418 g/mol. The molecule has 0 atom stereocenters. The summed E-state index contributed by atoms with van der Waals surface area (Å²) < 4.78 is 5.66. The molecule has 7 nitrogen and oxygen atoms in total. The van der Waals surface area contributed by atoms with Crippen LogP contribution in [0.5, 0.6) is 5.75 Å². The first-order valence-electron chi connectivity index (χ1n) is 8.29. The van der Waals surface area contributed by atoms with E-state index in [1.54, 1.807) is 23.3 Å². The van der Waals surface area contributed by atoms with E-state index in [1.807, 2.05) is 11.8 Å². The molecule has 142 valence electrons. The number of ether oxygens (including phenoxy) is 1. The molecule has 4 N–H and O–H groups in total. The van der Waals surface area contributed by atoms with Crippen LogP contribution in [0, 0.1) is 0 Å². The van der Waals surface area contributed by atoms with Gasteiger partial charge in [0.2, 0.25) is 11.9 Å². The van der Waals surface area contributed by atoms with Crippen molar-refractivity contribution in [1.29, 1.82) is 0 Å². The maximum absolute atomic E-state index is 6.10. The van der Waals surface area contributed by atoms with Crippen molar-refractivity contribution in [3.05, 3.63) is 28.2 Å². The number of thioether (sulfide) groups is 1. The van der Waals surface area contributed by atoms with Crippen molar-refractivity contribution in [2.75, 3.05) is 24.7 Å². The van der Waals surface area contributed by atoms with Crippen molar-refractivity contribution >= 4 is 46.9 Å². The number of nitrogens with two attached hydrogens (primary N) is 2. The molecule has 1 saturated heterocycles. The first-order valence-corrected chi connectivity index (χ1v) is 10.2. The lowest BCUT2D eigenvalue weighted by atomic mass is 10.0. The quantitative estimate of drug-likeness (QED) is 0.690. The number of nitrogens with zero attached hydrogens (tertiary/aromatic N) is 3. The Morgan fingerprint density at radius 3 is 2.73 bits per heavy atom. The van der Waals surface area contributed by atoms with E-state index in [2.05, 4.69) is 9.98 Å². The van der Waals surface area contributed by atoms with Gasteiger partial charge in [-0.15, -0.1) is 0 Å². The average Bonchev–Trinajstić information content (AvgIpc) is 2.61. The third-order valence-electron chi connectivity index (χ3n) is 4.11. The molecule has 0 unspecified atom stereocenters. The normalized spacial score (nSPS) is 19.2. The molecule has 1 aromatic rings. The molecule has 0 amide bonds. The van der Waals surface area contributed by atoms with Gasteiger partial charge in [0.05, 0.1) is 18.2 Å². The monoisotopic (exact) mass is 417 g/mol. The lowest BCUT2D eigenvalue weighted by molar-refractivity contribution is -0.171. The van der Waals surface area contributed by atoms with Crippen LogP contribution in [-0.4, -0.2) is 47.4 Å². The third kappa shape index (κ3) is 4.31. The molecule has 1 fully saturated rings. The van der Waals surface area contributed by atoms with Gasteiger partial charge in [0.1, 0.15) is 10.8 Å². The summed E-state index contributed by atoms with van der Waals surface area (Å²) in [6.45, 7) is 0.831. The van der Waals surface area contributed by atoms with Crippen LogP contribution in [0.15, 0.2) is 28.2 Å². The molecular formula is C16H21Cl2N5O2S. The Morgan fingerprint density at radius 2 is 1.96 bits per heavy atom. The van der Waals surface area contributed by atoms with E-state index in [4.69, 9.17) is 44.2 Å². The first kappa shape index (κ1) is 19.4. The Morgan fingerprint density at radius 1 is 1.19 bits per heavy atom. The van der Waals surface area contributed by atoms with Crippen molar-refractivity contribution in [1.82, 2.24) is 5.06 Å². The van der Waals surface area contributed by atoms with E-state index >= 15 is 0 Å². The van der Waals surface area contributed by atoms with Crippen molar-refractivity contribution < 1.29 is 9.57 Å². The number of rotatable bonds is 6. The van der Waals surface area contributed by atoms with Crippen LogP contribution in [0.4, 0.5) is 0 Å². The molecule has 1 aromatic carbocycles. The Balaban J connectivity index is 1.53. The largest absolute Gasteiger partial charge is 0.492 e. The molecular weight excluding hydrogens is 397 g/mol. The van der Waals surface area contributed by atoms with Gasteiger partial charge in [-0.2, -0.15) is 21.8 Å². The van der Waals surface area contributed by atoms with E-state index < -0.39 is 5.66 Å². The number of benzene rings is 1. The van der Waals surface area contributed by atoms with Crippen LogP contribution in [0.2, 0.25) is 10.0 Å². The molecule has 3 rings (SSSR count). The Hall–Kier alpha value is -1.35. The molecule has 10 heteroatoms. The summed E-state index contributed by atoms with van der Waals surface area (Å²) in [6.07, 6.45) is 2.25. The summed E-state index contributed by atoms with van der Waals surface area (Å²) in [5.41, 5.74) is 11.3. The van der Waals surface area contributed by atoms with Crippen LogP contribution in [0.25, 0.3) is 0 Å². The van der Waals surface area contributed by atoms with Crippen LogP contribution in [-0.2, 0) is 4.84 Å². The molecule has 1 spiro atoms. The fourth-order valence-corrected chi connectivity index (χ4v) is 4.34. The van der Waals surface area contributed by atoms with E-state index in [1.165, 1.54) is 0 Å². The SMILES string of the molecule is NC1=NC2(CCSCC2)N(OCCCOc2cccc(Cl)c2Cl)C(N)=N1. The first-order chi connectivity index (χ1) is 12.5. The zero-order chi connectivity index (χ0) is 18.6. The molecule has 0 aromatic heterocycles. The predicted molar refractivity (Wildman–Crippen MR) is 107 cm³/mol. The van der Waals surface area contributed by atoms with Gasteiger partial charge in [0.15, 0.2) is 5.66 Å². The summed E-state index contributed by atoms with van der Waals surface area (Å²) in [6, 6.07) is 5.28. The number of guanidine groups is 2. The van der Waals surface area contributed by atoms with Crippen LogP contribution >= 0.6 is 35.0 Å². The molecule has 26 heavy (non-hydrogen) atoms. The maximum Gasteiger partial charge on any atom is 0.226 e. The van der Waals surface area contributed by atoms with E-state index in [-0.39, 0.29) is 11.9 Å². The highest BCUT2D eigenvalue weighted by molar-refractivity contribution is 7.99. The summed E-state index contributed by atoms with van der Waals surface area (Å²) in [4.78, 5) is 14.5. The van der Waals surface area contributed by atoms with Crippen molar-refractivity contribution in [2.24, 2.45) is 21.5 Å². The van der Waals surface area contributed by atoms with Crippen LogP contribution < -0.4 is 16.2 Å². The summed E-state index contributed by atoms with van der Waals surface area (Å²) in [5, 5.41) is 2.48. The molecule has 0 aliphatic carbocycles. The van der Waals surface area contributed by atoms with Gasteiger partial charge in [0, 0.05) is 19.3 Å². The van der Waals surface area contributed by atoms with E-state index in [9.17, 15) is 0 Å². The molecule has 2 aliphatic rings. The van der Waals surface area contributed by atoms with Gasteiger partial charge in [0.25, 0.3) is 0 Å². The number of hydrogen-bond acceptors (Lipinski definition) is 8. The summed E-state index contributed by atoms with van der Waals surface area (Å²) in [5.74, 6) is 2.94. The van der Waals surface area contributed by atoms with Gasteiger partial charge in [-0.1, -0.05) is 29.3 Å². The van der Waals surface area contributed by atoms with Gasteiger partial charge in [-0.05, 0) is 23.6 Å². The number of hydrogen-bond donors (Lipinski definition) is 2. The van der Waals surface area contributed by atoms with Gasteiger partial charge < -0.3 is 16.2 Å². The highest BCUT2D eigenvalue weighted by Gasteiger charge is 2.43. The third-order valence-corrected chi connectivity index (χ3v) is 5.90. The van der Waals surface area contributed by atoms with Crippen molar-refractivity contribution in [3.8, 4) is 5.75 Å². The number of aliphatic imine (C=N–C) groups is 2. The van der Waals surface area contributed by atoms with Crippen molar-refractivity contribution in [3.63, 3.8) is 0 Å². The summed E-state index contributed by atoms with van der Waals surface area (Å²) in [7, 11) is 0. The number of hydroxylamine groups is 2. The second-order valence-electron chi connectivity index (χ2n) is 5.92. The fourth-order valence-electron chi connectivity index (χ4n) is 2.85. The lowest BCUT2D eigenvalue weighted by Crippen LogP contribution is -2.58. The highest BCUT2D eigenvalue weighted by Crippen LogP contribution is 2.35. The van der Waals surface area contributed by atoms with E-state index in [0.29, 0.717) is 35.4 Å². The van der Waals surface area contributed by atoms with Crippen molar-refractivity contribution in [2.45, 2.75) is 24.9 Å². The fraction of sp³-hybridized carbons (Fsp3) is 0.500. The smallest absolute Gasteiger partial charge is 0.226 e. The Kier molecular flexibility index (Phi) is 6.39. The van der Waals surface area contributed by atoms with Gasteiger partial charge >= 0.3 is 0 Å².